The Balaban J connectivity index is 2.26. The predicted octanol–water partition coefficient (Wildman–Crippen LogP) is 0.635. The zero-order valence-corrected chi connectivity index (χ0v) is 12.4. The molecule has 1 aliphatic heterocycles. The molecule has 106 valence electrons. The van der Waals surface area contributed by atoms with Crippen LogP contribution in [0, 0.1) is 0 Å². The second kappa shape index (κ2) is 5.52. The van der Waals surface area contributed by atoms with Crippen molar-refractivity contribution >= 4 is 10.0 Å². The highest BCUT2D eigenvalue weighted by molar-refractivity contribution is 7.88. The Morgan fingerprint density at radius 1 is 1.42 bits per heavy atom. The first-order valence-electron chi connectivity index (χ1n) is 6.30. The normalized spacial score (nSPS) is 21.2. The molecule has 2 rings (SSSR count). The summed E-state index contributed by atoms with van der Waals surface area (Å²) in [5.74, 6) is 0. The highest BCUT2D eigenvalue weighted by Gasteiger charge is 2.33. The molecule has 0 saturated carbocycles. The van der Waals surface area contributed by atoms with Gasteiger partial charge in [0.05, 0.1) is 29.9 Å². The van der Waals surface area contributed by atoms with Gasteiger partial charge in [0.2, 0.25) is 10.0 Å². The van der Waals surface area contributed by atoms with E-state index in [1.807, 2.05) is 19.0 Å². The first-order valence-corrected chi connectivity index (χ1v) is 8.15. The van der Waals surface area contributed by atoms with Crippen molar-refractivity contribution in [1.29, 1.82) is 0 Å². The van der Waals surface area contributed by atoms with Gasteiger partial charge in [-0.2, -0.15) is 4.31 Å². The lowest BCUT2D eigenvalue weighted by Gasteiger charge is -2.21. The average Bonchev–Trinajstić information content (AvgIpc) is 2.76. The molecule has 0 spiro atoms. The molecule has 1 fully saturated rings. The van der Waals surface area contributed by atoms with Crippen LogP contribution in [0.2, 0.25) is 0 Å². The molecule has 0 aliphatic carbocycles. The first-order chi connectivity index (χ1) is 8.88. The van der Waals surface area contributed by atoms with E-state index in [1.54, 1.807) is 12.4 Å². The van der Waals surface area contributed by atoms with E-state index in [1.165, 1.54) is 10.6 Å². The Bertz CT molecular complexity index is 544. The van der Waals surface area contributed by atoms with Crippen LogP contribution in [0.1, 0.15) is 30.3 Å². The Kier molecular flexibility index (Phi) is 4.17. The van der Waals surface area contributed by atoms with Gasteiger partial charge in [-0.25, -0.2) is 8.42 Å². The molecule has 0 radical (unpaired) electrons. The van der Waals surface area contributed by atoms with Crippen LogP contribution in [-0.4, -0.2) is 54.5 Å². The Labute approximate surface area is 114 Å². The molecule has 1 saturated heterocycles. The molecule has 7 heteroatoms. The fraction of sp³-hybridized carbons (Fsp3) is 0.667. The van der Waals surface area contributed by atoms with Gasteiger partial charge in [0.1, 0.15) is 0 Å². The van der Waals surface area contributed by atoms with Crippen molar-refractivity contribution in [3.8, 4) is 0 Å². The fourth-order valence-corrected chi connectivity index (χ4v) is 3.55. The molecular weight excluding hydrogens is 264 g/mol. The van der Waals surface area contributed by atoms with Crippen LogP contribution in [0.3, 0.4) is 0 Å². The van der Waals surface area contributed by atoms with E-state index in [-0.39, 0.29) is 6.04 Å². The van der Waals surface area contributed by atoms with Crippen LogP contribution in [0.4, 0.5) is 0 Å². The fourth-order valence-electron chi connectivity index (χ4n) is 2.42. The minimum Gasteiger partial charge on any atom is -0.304 e. The van der Waals surface area contributed by atoms with Crippen LogP contribution < -0.4 is 0 Å². The molecule has 0 amide bonds. The number of nitrogens with zero attached hydrogens (tertiary/aromatic N) is 4. The highest BCUT2D eigenvalue weighted by atomic mass is 32.2. The summed E-state index contributed by atoms with van der Waals surface area (Å²) in [7, 11) is 0.749. The number of hydrogen-bond acceptors (Lipinski definition) is 5. The molecule has 0 unspecified atom stereocenters. The van der Waals surface area contributed by atoms with Crippen molar-refractivity contribution in [2.75, 3.05) is 26.9 Å². The molecule has 1 aromatic heterocycles. The summed E-state index contributed by atoms with van der Waals surface area (Å²) in [6.45, 7) is 1.27. The van der Waals surface area contributed by atoms with Gasteiger partial charge in [-0.1, -0.05) is 0 Å². The number of sulfonamides is 1. The van der Waals surface area contributed by atoms with E-state index in [0.29, 0.717) is 13.1 Å². The lowest BCUT2D eigenvalue weighted by atomic mass is 10.1. The van der Waals surface area contributed by atoms with Crippen molar-refractivity contribution in [2.45, 2.75) is 25.4 Å². The summed E-state index contributed by atoms with van der Waals surface area (Å²) in [6.07, 6.45) is 6.34. The predicted molar refractivity (Wildman–Crippen MR) is 72.9 cm³/mol. The summed E-state index contributed by atoms with van der Waals surface area (Å²) in [5.41, 5.74) is 1.62. The van der Waals surface area contributed by atoms with Gasteiger partial charge >= 0.3 is 0 Å². The molecule has 6 nitrogen and oxygen atoms in total. The zero-order valence-electron chi connectivity index (χ0n) is 11.6. The van der Waals surface area contributed by atoms with Gasteiger partial charge in [0, 0.05) is 19.3 Å². The Morgan fingerprint density at radius 3 is 2.79 bits per heavy atom. The molecule has 1 aliphatic rings. The van der Waals surface area contributed by atoms with Gasteiger partial charge in [-0.15, -0.1) is 0 Å². The lowest BCUT2D eigenvalue weighted by Crippen LogP contribution is -2.30. The monoisotopic (exact) mass is 284 g/mol. The van der Waals surface area contributed by atoms with E-state index in [9.17, 15) is 8.42 Å². The van der Waals surface area contributed by atoms with E-state index in [0.717, 1.165) is 24.2 Å². The molecule has 19 heavy (non-hydrogen) atoms. The maximum absolute atomic E-state index is 11.7. The summed E-state index contributed by atoms with van der Waals surface area (Å²) in [5, 5.41) is 0. The molecule has 1 atom stereocenters. The van der Waals surface area contributed by atoms with Gasteiger partial charge < -0.3 is 4.90 Å². The van der Waals surface area contributed by atoms with Crippen molar-refractivity contribution in [3.05, 3.63) is 23.8 Å². The second-order valence-electron chi connectivity index (χ2n) is 5.20. The number of aromatic nitrogens is 2. The minimum atomic E-state index is -3.18. The molecule has 2 heterocycles. The minimum absolute atomic E-state index is 0.162. The maximum atomic E-state index is 11.7. The summed E-state index contributed by atoms with van der Waals surface area (Å²) in [6, 6.07) is -0.162. The third-order valence-corrected chi connectivity index (χ3v) is 4.44. The third kappa shape index (κ3) is 3.49. The van der Waals surface area contributed by atoms with Crippen molar-refractivity contribution in [1.82, 2.24) is 19.2 Å². The largest absolute Gasteiger partial charge is 0.304 e. The van der Waals surface area contributed by atoms with Crippen molar-refractivity contribution in [2.24, 2.45) is 0 Å². The topological polar surface area (TPSA) is 66.4 Å². The average molecular weight is 284 g/mol. The van der Waals surface area contributed by atoms with Crippen molar-refractivity contribution < 1.29 is 8.42 Å². The Morgan fingerprint density at radius 2 is 2.16 bits per heavy atom. The van der Waals surface area contributed by atoms with Gasteiger partial charge in [0.15, 0.2) is 0 Å². The second-order valence-corrected chi connectivity index (χ2v) is 7.14. The number of rotatable bonds is 4. The Hall–Kier alpha value is -1.05. The summed E-state index contributed by atoms with van der Waals surface area (Å²) >= 11 is 0. The number of hydrogen-bond donors (Lipinski definition) is 0. The molecule has 1 aromatic rings. The van der Waals surface area contributed by atoms with Crippen molar-refractivity contribution in [3.63, 3.8) is 0 Å². The van der Waals surface area contributed by atoms with E-state index >= 15 is 0 Å². The summed E-state index contributed by atoms with van der Waals surface area (Å²) < 4.78 is 25.0. The molecule has 0 bridgehead atoms. The van der Waals surface area contributed by atoms with Crippen LogP contribution in [0.25, 0.3) is 0 Å². The standard InChI is InChI=1S/C12H20N4O2S/c1-15(2)9-10-7-13-8-11(14-10)12-5-4-6-16(12)19(3,17)18/h7-8,12H,4-6,9H2,1-3H3/t12-/m1/s1. The van der Waals surface area contributed by atoms with Gasteiger partial charge in [0.25, 0.3) is 0 Å². The molecule has 0 N–H and O–H groups in total. The highest BCUT2D eigenvalue weighted by Crippen LogP contribution is 2.32. The van der Waals surface area contributed by atoms with Gasteiger partial charge in [-0.05, 0) is 26.9 Å². The quantitative estimate of drug-likeness (QED) is 0.811. The van der Waals surface area contributed by atoms with E-state index in [4.69, 9.17) is 0 Å². The first kappa shape index (κ1) is 14.4. The molecule has 0 aromatic carbocycles. The third-order valence-electron chi connectivity index (χ3n) is 3.15. The van der Waals surface area contributed by atoms with Crippen LogP contribution in [0.15, 0.2) is 12.4 Å². The lowest BCUT2D eigenvalue weighted by molar-refractivity contribution is 0.380. The van der Waals surface area contributed by atoms with Crippen LogP contribution in [0.5, 0.6) is 0 Å². The maximum Gasteiger partial charge on any atom is 0.211 e. The zero-order chi connectivity index (χ0) is 14.0. The SMILES string of the molecule is CN(C)Cc1cncc([C@H]2CCCN2S(C)(=O)=O)n1. The van der Waals surface area contributed by atoms with E-state index in [2.05, 4.69) is 9.97 Å². The summed E-state index contributed by atoms with van der Waals surface area (Å²) in [4.78, 5) is 10.7. The smallest absolute Gasteiger partial charge is 0.211 e. The van der Waals surface area contributed by atoms with E-state index < -0.39 is 10.0 Å². The van der Waals surface area contributed by atoms with Gasteiger partial charge in [-0.3, -0.25) is 9.97 Å². The molecular formula is C12H20N4O2S. The van der Waals surface area contributed by atoms with Crippen LogP contribution >= 0.6 is 0 Å². The van der Waals surface area contributed by atoms with Crippen LogP contribution in [-0.2, 0) is 16.6 Å².